The number of carbonyl (C=O) groups excluding carboxylic acids is 1. The van der Waals surface area contributed by atoms with Crippen LogP contribution in [-0.2, 0) is 10.2 Å². The summed E-state index contributed by atoms with van der Waals surface area (Å²) in [6, 6.07) is 9.92. The Morgan fingerprint density at radius 2 is 1.74 bits per heavy atom. The molecular formula is C16H24BrNO. The van der Waals surface area contributed by atoms with Crippen LogP contribution in [0.25, 0.3) is 0 Å². The van der Waals surface area contributed by atoms with E-state index in [-0.39, 0.29) is 11.3 Å². The van der Waals surface area contributed by atoms with Crippen molar-refractivity contribution in [3.05, 3.63) is 35.9 Å². The average Bonchev–Trinajstić information content (AvgIpc) is 2.37. The lowest BCUT2D eigenvalue weighted by Crippen LogP contribution is -2.44. The minimum absolute atomic E-state index is 0.0846. The Morgan fingerprint density at radius 3 is 2.26 bits per heavy atom. The van der Waals surface area contributed by atoms with Gasteiger partial charge in [0, 0.05) is 11.9 Å². The van der Waals surface area contributed by atoms with Crippen LogP contribution in [-0.4, -0.2) is 17.8 Å². The molecule has 106 valence electrons. The lowest BCUT2D eigenvalue weighted by Gasteiger charge is -2.29. The zero-order valence-electron chi connectivity index (χ0n) is 12.3. The first-order valence-corrected chi connectivity index (χ1v) is 7.81. The molecule has 0 aromatic heterocycles. The molecule has 0 bridgehead atoms. The van der Waals surface area contributed by atoms with Gasteiger partial charge in [0.2, 0.25) is 5.91 Å². The van der Waals surface area contributed by atoms with Gasteiger partial charge in [-0.3, -0.25) is 4.79 Å². The summed E-state index contributed by atoms with van der Waals surface area (Å²) in [5.74, 6) is 0.0846. The molecule has 1 amide bonds. The molecule has 1 rings (SSSR count). The van der Waals surface area contributed by atoms with Crippen molar-refractivity contribution in [2.24, 2.45) is 5.41 Å². The number of hydrogen-bond acceptors (Lipinski definition) is 1. The van der Waals surface area contributed by atoms with Gasteiger partial charge in [-0.05, 0) is 31.2 Å². The summed E-state index contributed by atoms with van der Waals surface area (Å²) in [6.45, 7) is 8.98. The van der Waals surface area contributed by atoms with Gasteiger partial charge < -0.3 is 5.32 Å². The number of amides is 1. The molecule has 0 atom stereocenters. The summed E-state index contributed by atoms with van der Waals surface area (Å²) in [6.07, 6.45) is 1.04. The highest BCUT2D eigenvalue weighted by atomic mass is 79.9. The first-order chi connectivity index (χ1) is 8.79. The highest BCUT2D eigenvalue weighted by Gasteiger charge is 2.30. The van der Waals surface area contributed by atoms with Gasteiger partial charge in [0.1, 0.15) is 0 Å². The van der Waals surface area contributed by atoms with Gasteiger partial charge in [-0.2, -0.15) is 0 Å². The topological polar surface area (TPSA) is 29.1 Å². The maximum Gasteiger partial charge on any atom is 0.230 e. The van der Waals surface area contributed by atoms with E-state index in [1.54, 1.807) is 0 Å². The quantitative estimate of drug-likeness (QED) is 0.790. The molecule has 0 aliphatic carbocycles. The maximum absolute atomic E-state index is 12.4. The van der Waals surface area contributed by atoms with Crippen molar-refractivity contribution in [2.75, 3.05) is 11.9 Å². The van der Waals surface area contributed by atoms with Crippen molar-refractivity contribution in [1.29, 1.82) is 0 Å². The highest BCUT2D eigenvalue weighted by Crippen LogP contribution is 2.24. The van der Waals surface area contributed by atoms with Crippen molar-refractivity contribution < 1.29 is 4.79 Å². The number of rotatable bonds is 6. The number of halogens is 1. The monoisotopic (exact) mass is 325 g/mol. The fraction of sp³-hybridized carbons (Fsp3) is 0.562. The molecule has 0 fully saturated rings. The molecule has 0 saturated carbocycles. The van der Waals surface area contributed by atoms with Crippen LogP contribution >= 0.6 is 15.9 Å². The van der Waals surface area contributed by atoms with Crippen molar-refractivity contribution in [1.82, 2.24) is 5.32 Å². The minimum atomic E-state index is -0.494. The number of hydrogen-bond donors (Lipinski definition) is 1. The Balaban J connectivity index is 2.68. The minimum Gasteiger partial charge on any atom is -0.355 e. The summed E-state index contributed by atoms with van der Waals surface area (Å²) >= 11 is 3.46. The molecule has 1 aromatic rings. The Kier molecular flexibility index (Phi) is 5.60. The zero-order valence-corrected chi connectivity index (χ0v) is 13.9. The molecular weight excluding hydrogens is 302 g/mol. The molecule has 0 heterocycles. The Labute approximate surface area is 125 Å². The molecule has 0 saturated heterocycles. The van der Waals surface area contributed by atoms with Gasteiger partial charge in [-0.15, -0.1) is 0 Å². The van der Waals surface area contributed by atoms with Gasteiger partial charge in [0.25, 0.3) is 0 Å². The second-order valence-electron chi connectivity index (χ2n) is 6.28. The van der Waals surface area contributed by atoms with Gasteiger partial charge in [-0.1, -0.05) is 60.1 Å². The molecule has 19 heavy (non-hydrogen) atoms. The average molecular weight is 326 g/mol. The third-order valence-corrected chi connectivity index (χ3v) is 3.96. The normalized spacial score (nSPS) is 12.3. The lowest BCUT2D eigenvalue weighted by atomic mass is 9.83. The lowest BCUT2D eigenvalue weighted by molar-refractivity contribution is -0.126. The zero-order chi connectivity index (χ0) is 14.5. The summed E-state index contributed by atoms with van der Waals surface area (Å²) in [7, 11) is 0. The van der Waals surface area contributed by atoms with E-state index in [0.717, 1.165) is 17.3 Å². The third kappa shape index (κ3) is 4.64. The molecule has 0 aliphatic rings. The van der Waals surface area contributed by atoms with Gasteiger partial charge >= 0.3 is 0 Å². The Hall–Kier alpha value is -0.830. The van der Waals surface area contributed by atoms with Crippen LogP contribution in [0, 0.1) is 5.41 Å². The van der Waals surface area contributed by atoms with E-state index < -0.39 is 5.41 Å². The molecule has 0 aliphatic heterocycles. The van der Waals surface area contributed by atoms with Crippen molar-refractivity contribution in [3.8, 4) is 0 Å². The van der Waals surface area contributed by atoms with Gasteiger partial charge in [0.15, 0.2) is 0 Å². The van der Waals surface area contributed by atoms with E-state index >= 15 is 0 Å². The first kappa shape index (κ1) is 16.2. The maximum atomic E-state index is 12.4. The first-order valence-electron chi connectivity index (χ1n) is 6.69. The largest absolute Gasteiger partial charge is 0.355 e. The summed E-state index contributed by atoms with van der Waals surface area (Å²) < 4.78 is 0. The van der Waals surface area contributed by atoms with Crippen LogP contribution in [0.2, 0.25) is 0 Å². The number of carbonyl (C=O) groups is 1. The van der Waals surface area contributed by atoms with E-state index in [1.165, 1.54) is 0 Å². The van der Waals surface area contributed by atoms with Crippen LogP contribution in [0.1, 0.15) is 39.7 Å². The van der Waals surface area contributed by atoms with Gasteiger partial charge in [-0.25, -0.2) is 0 Å². The van der Waals surface area contributed by atoms with Crippen molar-refractivity contribution in [3.63, 3.8) is 0 Å². The number of alkyl halides is 1. The van der Waals surface area contributed by atoms with E-state index in [9.17, 15) is 4.79 Å². The molecule has 1 N–H and O–H groups in total. The van der Waals surface area contributed by atoms with E-state index in [2.05, 4.69) is 35.1 Å². The molecule has 0 spiro atoms. The molecule has 0 radical (unpaired) electrons. The van der Waals surface area contributed by atoms with Crippen molar-refractivity contribution in [2.45, 2.75) is 39.5 Å². The summed E-state index contributed by atoms with van der Waals surface area (Å²) in [5, 5.41) is 4.04. The SMILES string of the molecule is CC(C)(CCBr)CNC(=O)C(C)(C)c1ccccc1. The predicted octanol–water partition coefficient (Wildman–Crippen LogP) is 3.89. The van der Waals surface area contributed by atoms with Gasteiger partial charge in [0.05, 0.1) is 5.41 Å². The van der Waals surface area contributed by atoms with E-state index in [0.29, 0.717) is 6.54 Å². The summed E-state index contributed by atoms with van der Waals surface area (Å²) in [4.78, 5) is 12.4. The second-order valence-corrected chi connectivity index (χ2v) is 7.07. The standard InChI is InChI=1S/C16H24BrNO/c1-15(2,10-11-17)12-18-14(19)16(3,4)13-8-6-5-7-9-13/h5-9H,10-12H2,1-4H3,(H,18,19). The van der Waals surface area contributed by atoms with Crippen LogP contribution < -0.4 is 5.32 Å². The number of nitrogens with one attached hydrogen (secondary N) is 1. The second kappa shape index (κ2) is 6.56. The summed E-state index contributed by atoms with van der Waals surface area (Å²) in [5.41, 5.74) is 0.670. The number of benzene rings is 1. The van der Waals surface area contributed by atoms with Crippen LogP contribution in [0.3, 0.4) is 0 Å². The fourth-order valence-corrected chi connectivity index (χ4v) is 2.94. The van der Waals surface area contributed by atoms with Crippen LogP contribution in [0.5, 0.6) is 0 Å². The smallest absolute Gasteiger partial charge is 0.230 e. The predicted molar refractivity (Wildman–Crippen MR) is 84.7 cm³/mol. The van der Waals surface area contributed by atoms with E-state index in [1.807, 2.05) is 44.2 Å². The third-order valence-electron chi connectivity index (χ3n) is 3.56. The molecule has 0 unspecified atom stereocenters. The van der Waals surface area contributed by atoms with Crippen molar-refractivity contribution >= 4 is 21.8 Å². The van der Waals surface area contributed by atoms with Crippen LogP contribution in [0.4, 0.5) is 0 Å². The van der Waals surface area contributed by atoms with Crippen LogP contribution in [0.15, 0.2) is 30.3 Å². The molecule has 3 heteroatoms. The Bertz CT molecular complexity index is 412. The highest BCUT2D eigenvalue weighted by molar-refractivity contribution is 9.09. The van der Waals surface area contributed by atoms with E-state index in [4.69, 9.17) is 0 Å². The Morgan fingerprint density at radius 1 is 1.16 bits per heavy atom. The molecule has 2 nitrogen and oxygen atoms in total. The fourth-order valence-electron chi connectivity index (χ4n) is 1.87. The molecule has 1 aromatic carbocycles.